The Bertz CT molecular complexity index is 1160. The van der Waals surface area contributed by atoms with Gasteiger partial charge in [0.1, 0.15) is 42.7 Å². The maximum atomic E-state index is 12.8. The number of carbonyl (C=O) groups excluding carboxylic acids is 1. The molecule has 344 valence electrons. The molecule has 0 saturated heterocycles. The number of esters is 1. The van der Waals surface area contributed by atoms with Crippen LogP contribution in [0.2, 0.25) is 0 Å². The Morgan fingerprint density at radius 3 is 1.51 bits per heavy atom. The molecule has 0 spiro atoms. The van der Waals surface area contributed by atoms with Crippen molar-refractivity contribution in [2.45, 2.75) is 217 Å². The fourth-order valence-electron chi connectivity index (χ4n) is 6.82. The van der Waals surface area contributed by atoms with E-state index in [0.717, 1.165) is 70.6 Å². The van der Waals surface area contributed by atoms with Gasteiger partial charge in [-0.1, -0.05) is 165 Å². The van der Waals surface area contributed by atoms with Gasteiger partial charge in [-0.2, -0.15) is 0 Å². The summed E-state index contributed by atoms with van der Waals surface area (Å²) in [6.45, 7) is 4.08. The van der Waals surface area contributed by atoms with E-state index in [9.17, 15) is 39.8 Å². The van der Waals surface area contributed by atoms with E-state index in [1.807, 2.05) is 0 Å². The molecule has 0 amide bonds. The topological polar surface area (TPSA) is 192 Å². The van der Waals surface area contributed by atoms with Crippen LogP contribution in [0, 0.1) is 0 Å². The number of rotatable bonds is 38. The number of phosphoric ester groups is 1. The van der Waals surface area contributed by atoms with Gasteiger partial charge in [-0.3, -0.25) is 13.8 Å². The van der Waals surface area contributed by atoms with Crippen molar-refractivity contribution in [2.24, 2.45) is 0 Å². The molecule has 59 heavy (non-hydrogen) atoms. The van der Waals surface area contributed by atoms with Gasteiger partial charge in [-0.05, 0) is 51.4 Å². The molecule has 6 unspecified atom stereocenters. The van der Waals surface area contributed by atoms with Crippen molar-refractivity contribution in [3.63, 3.8) is 0 Å². The molecule has 0 radical (unpaired) electrons. The first-order valence-electron chi connectivity index (χ1n) is 23.0. The van der Waals surface area contributed by atoms with Crippen molar-refractivity contribution in [1.82, 2.24) is 0 Å². The summed E-state index contributed by atoms with van der Waals surface area (Å²) in [5.41, 5.74) is 0. The Morgan fingerprint density at radius 1 is 0.559 bits per heavy atom. The number of allylic oxidation sites excluding steroid dienone is 8. The zero-order valence-electron chi connectivity index (χ0n) is 36.5. The minimum Gasteiger partial charge on any atom is -0.457 e. The lowest BCUT2D eigenvalue weighted by Gasteiger charge is -2.41. The number of phosphoric acid groups is 1. The summed E-state index contributed by atoms with van der Waals surface area (Å²) in [6.07, 6.45) is 31.8. The van der Waals surface area contributed by atoms with Gasteiger partial charge in [0, 0.05) is 13.0 Å². The molecule has 1 aliphatic carbocycles. The van der Waals surface area contributed by atoms with Crippen molar-refractivity contribution in [2.75, 3.05) is 19.8 Å². The lowest BCUT2D eigenvalue weighted by molar-refractivity contribution is -0.220. The molecule has 0 aromatic carbocycles. The van der Waals surface area contributed by atoms with Crippen LogP contribution in [0.3, 0.4) is 0 Å². The van der Waals surface area contributed by atoms with Gasteiger partial charge in [0.05, 0.1) is 13.2 Å². The minimum atomic E-state index is -5.03. The number of ether oxygens (including phenoxy) is 2. The SMILES string of the molecule is CC/C=C\C/C=C\C/C=C\C/C=C\CCCCCOCC(COP(=O)(O)OC1C(O)C(O)C(O)C(O)C1O)OC(=O)CCCCCCCCCCCCCCCCCC. The molecule has 1 fully saturated rings. The second-order valence-electron chi connectivity index (χ2n) is 15.9. The standard InChI is InChI=1S/C46H83O12P/c1-3-5-7-9-11-13-15-17-19-21-23-25-27-29-31-33-35-40(47)57-39(38-56-59(53,54)58-46-44(51)42(49)41(48)43(50)45(46)52)37-55-36-34-32-30-28-26-24-22-20-18-16-14-12-10-8-6-4-2/h6,8,12,14,18,20,24,26,39,41-46,48-52H,3-5,7,9-11,13,15-17,19,21-23,25,27-38H2,1-2H3,(H,53,54)/b8-6-,14-12-,20-18-,26-24-. The summed E-state index contributed by atoms with van der Waals surface area (Å²) in [4.78, 5) is 23.1. The van der Waals surface area contributed by atoms with Crippen LogP contribution in [0.25, 0.3) is 0 Å². The van der Waals surface area contributed by atoms with E-state index in [-0.39, 0.29) is 13.0 Å². The smallest absolute Gasteiger partial charge is 0.457 e. The van der Waals surface area contributed by atoms with E-state index in [1.165, 1.54) is 77.0 Å². The molecule has 0 aromatic rings. The quantitative estimate of drug-likeness (QED) is 0.0150. The fourth-order valence-corrected chi connectivity index (χ4v) is 7.79. The third-order valence-electron chi connectivity index (χ3n) is 10.5. The Labute approximate surface area is 356 Å². The number of hydrogen-bond donors (Lipinski definition) is 6. The average Bonchev–Trinajstić information content (AvgIpc) is 3.22. The Balaban J connectivity index is 2.42. The molecule has 1 rings (SSSR count). The van der Waals surface area contributed by atoms with Crippen molar-refractivity contribution in [3.8, 4) is 0 Å². The van der Waals surface area contributed by atoms with E-state index >= 15 is 0 Å². The zero-order chi connectivity index (χ0) is 43.4. The van der Waals surface area contributed by atoms with Gasteiger partial charge < -0.3 is 39.9 Å². The highest BCUT2D eigenvalue weighted by Crippen LogP contribution is 2.47. The molecule has 12 nitrogen and oxygen atoms in total. The molecular formula is C46H83O12P. The molecule has 0 heterocycles. The van der Waals surface area contributed by atoms with E-state index in [4.69, 9.17) is 18.5 Å². The predicted molar refractivity (Wildman–Crippen MR) is 235 cm³/mol. The van der Waals surface area contributed by atoms with Crippen molar-refractivity contribution < 1.29 is 58.3 Å². The number of aliphatic hydroxyl groups excluding tert-OH is 5. The monoisotopic (exact) mass is 859 g/mol. The average molecular weight is 859 g/mol. The van der Waals surface area contributed by atoms with Gasteiger partial charge in [0.25, 0.3) is 0 Å². The lowest BCUT2D eigenvalue weighted by Crippen LogP contribution is -2.64. The van der Waals surface area contributed by atoms with Crippen molar-refractivity contribution >= 4 is 13.8 Å². The molecule has 0 aliphatic heterocycles. The van der Waals surface area contributed by atoms with Gasteiger partial charge in [-0.15, -0.1) is 0 Å². The van der Waals surface area contributed by atoms with E-state index in [0.29, 0.717) is 13.0 Å². The summed E-state index contributed by atoms with van der Waals surface area (Å²) in [7, 11) is -5.03. The normalized spacial score (nSPS) is 22.9. The molecule has 6 N–H and O–H groups in total. The first kappa shape index (κ1) is 55.3. The second kappa shape index (κ2) is 36.9. The molecule has 6 atom stereocenters. The van der Waals surface area contributed by atoms with Crippen molar-refractivity contribution in [1.29, 1.82) is 0 Å². The highest BCUT2D eigenvalue weighted by molar-refractivity contribution is 7.47. The van der Waals surface area contributed by atoms with Crippen LogP contribution in [0.15, 0.2) is 48.6 Å². The Kier molecular flexibility index (Phi) is 34.6. The summed E-state index contributed by atoms with van der Waals surface area (Å²) in [6, 6.07) is 0. The highest BCUT2D eigenvalue weighted by Gasteiger charge is 2.51. The first-order chi connectivity index (χ1) is 28.5. The van der Waals surface area contributed by atoms with Crippen LogP contribution in [0.1, 0.15) is 174 Å². The Morgan fingerprint density at radius 2 is 1.00 bits per heavy atom. The number of unbranched alkanes of at least 4 members (excludes halogenated alkanes) is 18. The van der Waals surface area contributed by atoms with Crippen LogP contribution in [-0.2, 0) is 27.9 Å². The molecule has 1 saturated carbocycles. The van der Waals surface area contributed by atoms with Gasteiger partial charge in [0.15, 0.2) is 0 Å². The lowest BCUT2D eigenvalue weighted by atomic mass is 9.85. The third kappa shape index (κ3) is 29.3. The minimum absolute atomic E-state index is 0.0974. The van der Waals surface area contributed by atoms with E-state index < -0.39 is 63.1 Å². The molecule has 13 heteroatoms. The summed E-state index contributed by atoms with van der Waals surface area (Å²) in [5, 5.41) is 50.2. The predicted octanol–water partition coefficient (Wildman–Crippen LogP) is 9.25. The van der Waals surface area contributed by atoms with Gasteiger partial charge in [-0.25, -0.2) is 4.57 Å². The number of carbonyl (C=O) groups is 1. The van der Waals surface area contributed by atoms with Gasteiger partial charge >= 0.3 is 13.8 Å². The van der Waals surface area contributed by atoms with Crippen LogP contribution in [-0.4, -0.2) is 98.9 Å². The maximum Gasteiger partial charge on any atom is 0.472 e. The summed E-state index contributed by atoms with van der Waals surface area (Å²) < 4.78 is 34.1. The molecular weight excluding hydrogens is 775 g/mol. The number of aliphatic hydroxyl groups is 5. The largest absolute Gasteiger partial charge is 0.472 e. The number of hydrogen-bond acceptors (Lipinski definition) is 11. The molecule has 0 aromatic heterocycles. The summed E-state index contributed by atoms with van der Waals surface area (Å²) in [5.74, 6) is -0.488. The second-order valence-corrected chi connectivity index (χ2v) is 17.3. The van der Waals surface area contributed by atoms with Crippen LogP contribution in [0.5, 0.6) is 0 Å². The molecule has 0 bridgehead atoms. The maximum absolute atomic E-state index is 12.8. The third-order valence-corrected chi connectivity index (χ3v) is 11.5. The van der Waals surface area contributed by atoms with Gasteiger partial charge in [0.2, 0.25) is 0 Å². The first-order valence-corrected chi connectivity index (χ1v) is 24.5. The Hall–Kier alpha value is -1.70. The van der Waals surface area contributed by atoms with E-state index in [2.05, 4.69) is 62.5 Å². The zero-order valence-corrected chi connectivity index (χ0v) is 37.4. The summed E-state index contributed by atoms with van der Waals surface area (Å²) >= 11 is 0. The van der Waals surface area contributed by atoms with E-state index in [1.54, 1.807) is 0 Å². The van der Waals surface area contributed by atoms with Crippen LogP contribution in [0.4, 0.5) is 0 Å². The van der Waals surface area contributed by atoms with Crippen LogP contribution >= 0.6 is 7.82 Å². The fraction of sp³-hybridized carbons (Fsp3) is 0.804. The highest BCUT2D eigenvalue weighted by atomic mass is 31.2. The molecule has 1 aliphatic rings. The van der Waals surface area contributed by atoms with Crippen molar-refractivity contribution in [3.05, 3.63) is 48.6 Å². The van der Waals surface area contributed by atoms with Crippen LogP contribution < -0.4 is 0 Å².